The summed E-state index contributed by atoms with van der Waals surface area (Å²) in [5.41, 5.74) is 1.85. The Hall–Kier alpha value is -2.94. The summed E-state index contributed by atoms with van der Waals surface area (Å²) >= 11 is 0. The molecule has 3 aromatic carbocycles. The Morgan fingerprint density at radius 2 is 1.57 bits per heavy atom. The molecule has 0 aliphatic carbocycles. The van der Waals surface area contributed by atoms with Crippen molar-refractivity contribution in [2.75, 3.05) is 6.61 Å². The first-order valence-corrected chi connectivity index (χ1v) is 7.50. The van der Waals surface area contributed by atoms with Crippen LogP contribution < -0.4 is 15.6 Å². The molecule has 0 saturated carbocycles. The van der Waals surface area contributed by atoms with Gasteiger partial charge in [-0.1, -0.05) is 48.5 Å². The van der Waals surface area contributed by atoms with Crippen molar-refractivity contribution in [2.45, 2.75) is 6.92 Å². The van der Waals surface area contributed by atoms with E-state index in [9.17, 15) is 9.59 Å². The van der Waals surface area contributed by atoms with Gasteiger partial charge in [-0.15, -0.1) is 0 Å². The fraction of sp³-hybridized carbons (Fsp3) is 0.100. The molecule has 0 saturated heterocycles. The molecule has 0 aliphatic rings. The van der Waals surface area contributed by atoms with Crippen molar-refractivity contribution >= 4 is 12.2 Å². The number of hydrogen-bond acceptors (Lipinski definition) is 3. The maximum atomic E-state index is 11.8. The Labute approximate surface area is 134 Å². The molecule has 114 valence electrons. The molecule has 0 atom stereocenters. The van der Waals surface area contributed by atoms with Gasteiger partial charge in [0.1, 0.15) is 5.75 Å². The van der Waals surface area contributed by atoms with Gasteiger partial charge in [-0.3, -0.25) is 9.59 Å². The minimum Gasteiger partial charge on any atom is -0.494 e. The molecule has 0 aromatic heterocycles. The van der Waals surface area contributed by atoms with Gasteiger partial charge < -0.3 is 4.74 Å². The highest BCUT2D eigenvalue weighted by Gasteiger charge is 2.19. The fourth-order valence-electron chi connectivity index (χ4n) is 2.48. The van der Waals surface area contributed by atoms with Crippen LogP contribution in [0.15, 0.2) is 64.2 Å². The van der Waals surface area contributed by atoms with Crippen LogP contribution in [0.4, 0.5) is 0 Å². The molecule has 0 N–H and O–H groups in total. The maximum absolute atomic E-state index is 11.8. The summed E-state index contributed by atoms with van der Waals surface area (Å²) in [5.74, 6) is 0.809. The summed E-state index contributed by atoms with van der Waals surface area (Å²) in [6, 6.07) is 16.8. The Balaban J connectivity index is 1.88. The summed E-state index contributed by atoms with van der Waals surface area (Å²) in [5, 5.41) is 0. The second-order valence-electron chi connectivity index (χ2n) is 5.15. The smallest absolute Gasteiger partial charge is 0.234 e. The van der Waals surface area contributed by atoms with E-state index in [2.05, 4.69) is 0 Å². The van der Waals surface area contributed by atoms with Gasteiger partial charge in [0, 0.05) is 11.1 Å². The lowest BCUT2D eigenvalue weighted by Crippen LogP contribution is -2.35. The van der Waals surface area contributed by atoms with Gasteiger partial charge in [0.2, 0.25) is 10.9 Å². The van der Waals surface area contributed by atoms with Crippen LogP contribution in [0.5, 0.6) is 5.75 Å². The van der Waals surface area contributed by atoms with Gasteiger partial charge in [0.05, 0.1) is 6.61 Å². The molecule has 0 radical (unpaired) electrons. The van der Waals surface area contributed by atoms with E-state index in [0.717, 1.165) is 16.9 Å². The summed E-state index contributed by atoms with van der Waals surface area (Å²) in [6.45, 7) is 2.56. The molecule has 0 aliphatic heterocycles. The predicted molar refractivity (Wildman–Crippen MR) is 93.3 cm³/mol. The first kappa shape index (κ1) is 15.0. The number of hydrogen-bond donors (Lipinski definition) is 0. The molecule has 3 heteroatoms. The van der Waals surface area contributed by atoms with E-state index in [1.54, 1.807) is 6.08 Å². The molecule has 3 rings (SSSR count). The molecule has 23 heavy (non-hydrogen) atoms. The number of benzene rings is 2. The molecular formula is C20H16O3. The van der Waals surface area contributed by atoms with Crippen molar-refractivity contribution in [1.29, 1.82) is 0 Å². The van der Waals surface area contributed by atoms with Crippen LogP contribution in [0.3, 0.4) is 0 Å². The highest BCUT2D eigenvalue weighted by molar-refractivity contribution is 5.83. The lowest BCUT2D eigenvalue weighted by Gasteiger charge is -2.07. The van der Waals surface area contributed by atoms with E-state index >= 15 is 0 Å². The summed E-state index contributed by atoms with van der Waals surface area (Å²) in [6.07, 6.45) is 3.54. The first-order chi connectivity index (χ1) is 11.2. The molecule has 0 amide bonds. The normalized spacial score (nSPS) is 11.2. The van der Waals surface area contributed by atoms with E-state index in [1.807, 2.05) is 67.6 Å². The topological polar surface area (TPSA) is 43.4 Å². The van der Waals surface area contributed by atoms with E-state index in [0.29, 0.717) is 17.7 Å². The minimum absolute atomic E-state index is 0.414. The minimum atomic E-state index is -0.425. The molecule has 0 unspecified atom stereocenters. The average molecular weight is 304 g/mol. The zero-order valence-corrected chi connectivity index (χ0v) is 12.8. The highest BCUT2D eigenvalue weighted by atomic mass is 16.5. The van der Waals surface area contributed by atoms with Gasteiger partial charge in [0.25, 0.3) is 0 Å². The van der Waals surface area contributed by atoms with Crippen molar-refractivity contribution in [3.05, 3.63) is 86.2 Å². The first-order valence-electron chi connectivity index (χ1n) is 7.50. The largest absolute Gasteiger partial charge is 0.494 e. The molecule has 0 bridgehead atoms. The zero-order chi connectivity index (χ0) is 16.2. The van der Waals surface area contributed by atoms with E-state index in [1.165, 1.54) is 0 Å². The van der Waals surface area contributed by atoms with Crippen LogP contribution in [0, 0.1) is 0 Å². The van der Waals surface area contributed by atoms with Crippen molar-refractivity contribution in [3.63, 3.8) is 0 Å². The van der Waals surface area contributed by atoms with Gasteiger partial charge in [-0.05, 0) is 36.3 Å². The van der Waals surface area contributed by atoms with Crippen LogP contribution in [-0.2, 0) is 0 Å². The van der Waals surface area contributed by atoms with Crippen molar-refractivity contribution in [1.82, 2.24) is 0 Å². The lowest BCUT2D eigenvalue weighted by atomic mass is 9.93. The van der Waals surface area contributed by atoms with Crippen LogP contribution >= 0.6 is 0 Å². The van der Waals surface area contributed by atoms with Crippen LogP contribution in [-0.4, -0.2) is 6.61 Å². The monoisotopic (exact) mass is 304 g/mol. The average Bonchev–Trinajstić information content (AvgIpc) is 2.60. The second kappa shape index (κ2) is 6.44. The van der Waals surface area contributed by atoms with Gasteiger partial charge in [-0.25, -0.2) is 0 Å². The van der Waals surface area contributed by atoms with Crippen LogP contribution in [0.1, 0.15) is 18.1 Å². The third kappa shape index (κ3) is 2.99. The second-order valence-corrected chi connectivity index (χ2v) is 5.15. The molecule has 0 fully saturated rings. The van der Waals surface area contributed by atoms with Gasteiger partial charge in [0.15, 0.2) is 0 Å². The third-order valence-electron chi connectivity index (χ3n) is 3.64. The summed E-state index contributed by atoms with van der Waals surface area (Å²) in [7, 11) is 0. The molecular weight excluding hydrogens is 288 g/mol. The predicted octanol–water partition coefficient (Wildman–Crippen LogP) is 3.52. The molecule has 0 heterocycles. The SMILES string of the molecule is CCOc1ccc(/C=C/c2c(-c3ccccc3)c(=O)c2=O)cc1. The van der Waals surface area contributed by atoms with Gasteiger partial charge >= 0.3 is 0 Å². The zero-order valence-electron chi connectivity index (χ0n) is 12.8. The molecule has 3 aromatic rings. The lowest BCUT2D eigenvalue weighted by molar-refractivity contribution is 0.340. The maximum Gasteiger partial charge on any atom is 0.234 e. The van der Waals surface area contributed by atoms with Crippen molar-refractivity contribution in [3.8, 4) is 16.9 Å². The Bertz CT molecular complexity index is 896. The van der Waals surface area contributed by atoms with Crippen LogP contribution in [0.2, 0.25) is 0 Å². The summed E-state index contributed by atoms with van der Waals surface area (Å²) in [4.78, 5) is 23.7. The quantitative estimate of drug-likeness (QED) is 0.677. The van der Waals surface area contributed by atoms with E-state index < -0.39 is 10.9 Å². The van der Waals surface area contributed by atoms with Crippen LogP contribution in [0.25, 0.3) is 23.3 Å². The highest BCUT2D eigenvalue weighted by Crippen LogP contribution is 2.21. The van der Waals surface area contributed by atoms with Gasteiger partial charge in [-0.2, -0.15) is 0 Å². The molecule has 3 nitrogen and oxygen atoms in total. The van der Waals surface area contributed by atoms with Crippen molar-refractivity contribution in [2.24, 2.45) is 0 Å². The van der Waals surface area contributed by atoms with Crippen molar-refractivity contribution < 1.29 is 4.74 Å². The Morgan fingerprint density at radius 3 is 2.22 bits per heavy atom. The standard InChI is InChI=1S/C20H16O3/c1-2-23-16-11-8-14(9-12-16)10-13-17-18(20(22)19(17)21)15-6-4-3-5-7-15/h3-13H,2H2,1H3/b13-10+. The number of ether oxygens (including phenoxy) is 1. The van der Waals surface area contributed by atoms with E-state index in [4.69, 9.17) is 4.74 Å². The molecule has 0 spiro atoms. The summed E-state index contributed by atoms with van der Waals surface area (Å²) < 4.78 is 5.39. The third-order valence-corrected chi connectivity index (χ3v) is 3.64. The Morgan fingerprint density at radius 1 is 0.870 bits per heavy atom. The fourth-order valence-corrected chi connectivity index (χ4v) is 2.48. The van der Waals surface area contributed by atoms with E-state index in [-0.39, 0.29) is 0 Å². The Kier molecular flexibility index (Phi) is 4.20. The number of rotatable bonds is 5.